The Morgan fingerprint density at radius 2 is 1.97 bits per heavy atom. The van der Waals surface area contributed by atoms with Crippen molar-refractivity contribution in [1.82, 2.24) is 10.2 Å². The standard InChI is InChI=1S/C19H28N4O5.HI/c1-3-28-18(24)16-8-11-22(12-9-16)19(20-10-13-27-2)21-14-15-4-6-17(7-5-15)23(25)26;/h4-7,16H,3,8-14H2,1-2H3,(H,20,21);1H. The molecule has 2 rings (SSSR count). The van der Waals surface area contributed by atoms with E-state index in [-0.39, 0.29) is 41.6 Å². The first-order chi connectivity index (χ1) is 13.5. The van der Waals surface area contributed by atoms with Crippen LogP contribution in [0.5, 0.6) is 0 Å². The minimum atomic E-state index is -0.418. The number of halogens is 1. The highest BCUT2D eigenvalue weighted by Gasteiger charge is 2.27. The van der Waals surface area contributed by atoms with Crippen LogP contribution in [-0.4, -0.2) is 61.7 Å². The molecule has 1 N–H and O–H groups in total. The van der Waals surface area contributed by atoms with E-state index in [4.69, 9.17) is 9.47 Å². The normalized spacial score (nSPS) is 14.8. The number of piperidine rings is 1. The molecule has 1 heterocycles. The largest absolute Gasteiger partial charge is 0.466 e. The Bertz CT molecular complexity index is 676. The number of likely N-dealkylation sites (tertiary alicyclic amines) is 1. The van der Waals surface area contributed by atoms with Gasteiger partial charge < -0.3 is 19.7 Å². The van der Waals surface area contributed by atoms with Crippen LogP contribution in [0.3, 0.4) is 0 Å². The molecule has 1 fully saturated rings. The molecule has 0 aliphatic carbocycles. The molecule has 1 aromatic carbocycles. The van der Waals surface area contributed by atoms with Crippen LogP contribution in [0.1, 0.15) is 25.3 Å². The predicted octanol–water partition coefficient (Wildman–Crippen LogP) is 2.58. The van der Waals surface area contributed by atoms with Gasteiger partial charge in [-0.2, -0.15) is 0 Å². The minimum absolute atomic E-state index is 0. The SMILES string of the molecule is CCOC(=O)C1CCN(C(=NCc2ccc([N+](=O)[O-])cc2)NCCOC)CC1.I. The topological polar surface area (TPSA) is 106 Å². The first-order valence-electron chi connectivity index (χ1n) is 9.47. The second-order valence-electron chi connectivity index (χ2n) is 6.50. The number of hydrogen-bond acceptors (Lipinski definition) is 6. The third-order valence-electron chi connectivity index (χ3n) is 4.56. The molecule has 29 heavy (non-hydrogen) atoms. The van der Waals surface area contributed by atoms with E-state index < -0.39 is 4.92 Å². The van der Waals surface area contributed by atoms with Gasteiger partial charge in [-0.15, -0.1) is 24.0 Å². The van der Waals surface area contributed by atoms with Gasteiger partial charge in [-0.05, 0) is 25.3 Å². The van der Waals surface area contributed by atoms with E-state index in [1.54, 1.807) is 19.2 Å². The fourth-order valence-electron chi connectivity index (χ4n) is 3.01. The lowest BCUT2D eigenvalue weighted by Crippen LogP contribution is -2.47. The van der Waals surface area contributed by atoms with Gasteiger partial charge in [0.2, 0.25) is 0 Å². The van der Waals surface area contributed by atoms with Gasteiger partial charge in [0.1, 0.15) is 0 Å². The van der Waals surface area contributed by atoms with Gasteiger partial charge in [0.05, 0.1) is 30.6 Å². The smallest absolute Gasteiger partial charge is 0.309 e. The fourth-order valence-corrected chi connectivity index (χ4v) is 3.01. The Morgan fingerprint density at radius 3 is 2.52 bits per heavy atom. The molecular weight excluding hydrogens is 491 g/mol. The van der Waals surface area contributed by atoms with Crippen LogP contribution in [0.15, 0.2) is 29.3 Å². The quantitative estimate of drug-likeness (QED) is 0.107. The lowest BCUT2D eigenvalue weighted by Gasteiger charge is -2.33. The van der Waals surface area contributed by atoms with Crippen molar-refractivity contribution in [2.45, 2.75) is 26.3 Å². The lowest BCUT2D eigenvalue weighted by atomic mass is 9.97. The van der Waals surface area contributed by atoms with E-state index in [1.807, 2.05) is 6.92 Å². The lowest BCUT2D eigenvalue weighted by molar-refractivity contribution is -0.384. The second kappa shape index (κ2) is 13.3. The number of carbonyl (C=O) groups is 1. The van der Waals surface area contributed by atoms with Crippen LogP contribution >= 0.6 is 24.0 Å². The predicted molar refractivity (Wildman–Crippen MR) is 120 cm³/mol. The summed E-state index contributed by atoms with van der Waals surface area (Å²) in [4.78, 5) is 29.0. The highest BCUT2D eigenvalue weighted by Crippen LogP contribution is 2.19. The summed E-state index contributed by atoms with van der Waals surface area (Å²) in [6, 6.07) is 6.38. The number of esters is 1. The van der Waals surface area contributed by atoms with Gasteiger partial charge in [-0.25, -0.2) is 4.99 Å². The summed E-state index contributed by atoms with van der Waals surface area (Å²) in [6.45, 7) is 5.22. The maximum atomic E-state index is 11.9. The Hall–Kier alpha value is -1.95. The zero-order chi connectivity index (χ0) is 20.4. The third-order valence-corrected chi connectivity index (χ3v) is 4.56. The van der Waals surface area contributed by atoms with Crippen molar-refractivity contribution >= 4 is 41.6 Å². The number of carbonyl (C=O) groups excluding carboxylic acids is 1. The number of hydrogen-bond donors (Lipinski definition) is 1. The summed E-state index contributed by atoms with van der Waals surface area (Å²) >= 11 is 0. The maximum absolute atomic E-state index is 11.9. The molecule has 0 saturated carbocycles. The third kappa shape index (κ3) is 8.13. The van der Waals surface area contributed by atoms with Crippen molar-refractivity contribution in [3.63, 3.8) is 0 Å². The molecule has 0 amide bonds. The summed E-state index contributed by atoms with van der Waals surface area (Å²) in [5, 5.41) is 14.0. The molecule has 1 aliphatic heterocycles. The Morgan fingerprint density at radius 1 is 1.31 bits per heavy atom. The molecule has 9 nitrogen and oxygen atoms in total. The summed E-state index contributed by atoms with van der Waals surface area (Å²) in [6.07, 6.45) is 1.45. The van der Waals surface area contributed by atoms with Gasteiger partial charge in [0, 0.05) is 38.9 Å². The summed E-state index contributed by atoms with van der Waals surface area (Å²) in [5.41, 5.74) is 0.949. The van der Waals surface area contributed by atoms with Crippen molar-refractivity contribution in [1.29, 1.82) is 0 Å². The van der Waals surface area contributed by atoms with Crippen molar-refractivity contribution in [2.24, 2.45) is 10.9 Å². The molecule has 1 aliphatic rings. The number of guanidine groups is 1. The van der Waals surface area contributed by atoms with Crippen LogP contribution in [0.25, 0.3) is 0 Å². The van der Waals surface area contributed by atoms with Gasteiger partial charge in [0.15, 0.2) is 5.96 Å². The zero-order valence-electron chi connectivity index (χ0n) is 16.8. The minimum Gasteiger partial charge on any atom is -0.466 e. The van der Waals surface area contributed by atoms with Crippen LogP contribution in [0, 0.1) is 16.0 Å². The number of benzene rings is 1. The van der Waals surface area contributed by atoms with E-state index in [0.717, 1.165) is 24.4 Å². The number of non-ortho nitro benzene ring substituents is 1. The summed E-state index contributed by atoms with van der Waals surface area (Å²) in [7, 11) is 1.64. The number of aliphatic imine (C=N–C) groups is 1. The molecule has 0 bridgehead atoms. The van der Waals surface area contributed by atoms with Crippen molar-refractivity contribution in [3.05, 3.63) is 39.9 Å². The Labute approximate surface area is 188 Å². The van der Waals surface area contributed by atoms with Crippen LogP contribution in [0.4, 0.5) is 5.69 Å². The molecular formula is C19H29IN4O5. The van der Waals surface area contributed by atoms with Crippen LogP contribution in [0.2, 0.25) is 0 Å². The number of ether oxygens (including phenoxy) is 2. The first kappa shape index (κ1) is 25.1. The van der Waals surface area contributed by atoms with Crippen molar-refractivity contribution < 1.29 is 19.2 Å². The van der Waals surface area contributed by atoms with Gasteiger partial charge in [-0.3, -0.25) is 14.9 Å². The molecule has 1 aromatic rings. The zero-order valence-corrected chi connectivity index (χ0v) is 19.2. The molecule has 0 unspecified atom stereocenters. The highest BCUT2D eigenvalue weighted by molar-refractivity contribution is 14.0. The molecule has 0 aromatic heterocycles. The van der Waals surface area contributed by atoms with E-state index in [2.05, 4.69) is 15.2 Å². The number of nitro groups is 1. The number of nitrogens with one attached hydrogen (secondary N) is 1. The van der Waals surface area contributed by atoms with Gasteiger partial charge >= 0.3 is 5.97 Å². The van der Waals surface area contributed by atoms with Gasteiger partial charge in [0.25, 0.3) is 5.69 Å². The molecule has 0 atom stereocenters. The molecule has 162 valence electrons. The van der Waals surface area contributed by atoms with Crippen molar-refractivity contribution in [3.8, 4) is 0 Å². The monoisotopic (exact) mass is 520 g/mol. The van der Waals surface area contributed by atoms with Gasteiger partial charge in [-0.1, -0.05) is 12.1 Å². The number of rotatable bonds is 8. The van der Waals surface area contributed by atoms with Crippen LogP contribution < -0.4 is 5.32 Å². The van der Waals surface area contributed by atoms with Crippen molar-refractivity contribution in [2.75, 3.05) is 40.0 Å². The fraction of sp³-hybridized carbons (Fsp3) is 0.579. The molecule has 0 radical (unpaired) electrons. The van der Waals surface area contributed by atoms with E-state index in [0.29, 0.717) is 39.4 Å². The van der Waals surface area contributed by atoms with E-state index in [1.165, 1.54) is 12.1 Å². The summed E-state index contributed by atoms with van der Waals surface area (Å²) < 4.78 is 10.2. The average molecular weight is 520 g/mol. The van der Waals surface area contributed by atoms with E-state index in [9.17, 15) is 14.9 Å². The number of nitro benzene ring substituents is 1. The Balaban J connectivity index is 0.00000420. The molecule has 0 spiro atoms. The Kier molecular flexibility index (Phi) is 11.5. The molecule has 10 heteroatoms. The first-order valence-corrected chi connectivity index (χ1v) is 9.47. The highest BCUT2D eigenvalue weighted by atomic mass is 127. The van der Waals surface area contributed by atoms with Crippen LogP contribution in [-0.2, 0) is 20.8 Å². The number of methoxy groups -OCH3 is 1. The molecule has 1 saturated heterocycles. The second-order valence-corrected chi connectivity index (χ2v) is 6.50. The maximum Gasteiger partial charge on any atom is 0.309 e. The average Bonchev–Trinajstić information content (AvgIpc) is 2.71. The number of nitrogens with zero attached hydrogens (tertiary/aromatic N) is 3. The van der Waals surface area contributed by atoms with E-state index >= 15 is 0 Å². The summed E-state index contributed by atoms with van der Waals surface area (Å²) in [5.74, 6) is 0.558.